The van der Waals surface area contributed by atoms with E-state index in [1.54, 1.807) is 11.8 Å². The van der Waals surface area contributed by atoms with Gasteiger partial charge in [-0.15, -0.1) is 0 Å². The minimum Gasteiger partial charge on any atom is -0.497 e. The fraction of sp³-hybridized carbons (Fsp3) is 0.200. The van der Waals surface area contributed by atoms with Gasteiger partial charge < -0.3 is 10.1 Å². The average Bonchev–Trinajstić information content (AvgIpc) is 2.96. The van der Waals surface area contributed by atoms with Gasteiger partial charge in [0.05, 0.1) is 24.9 Å². The lowest BCUT2D eigenvalue weighted by molar-refractivity contribution is -0.115. The minimum absolute atomic E-state index is 0.0834. The van der Waals surface area contributed by atoms with Crippen LogP contribution in [-0.4, -0.2) is 22.8 Å². The Kier molecular flexibility index (Phi) is 4.84. The fourth-order valence-electron chi connectivity index (χ4n) is 2.69. The van der Waals surface area contributed by atoms with Crippen LogP contribution in [0.2, 0.25) is 0 Å². The van der Waals surface area contributed by atoms with E-state index in [2.05, 4.69) is 10.4 Å². The molecule has 0 bridgehead atoms. The van der Waals surface area contributed by atoms with Gasteiger partial charge in [0.2, 0.25) is 5.91 Å². The van der Waals surface area contributed by atoms with Crippen LogP contribution in [0.15, 0.2) is 54.6 Å². The Balaban J connectivity index is 1.78. The number of aromatic nitrogens is 2. The highest BCUT2D eigenvalue weighted by Crippen LogP contribution is 2.20. The molecule has 0 fully saturated rings. The van der Waals surface area contributed by atoms with Crippen LogP contribution in [0.25, 0.3) is 5.69 Å². The molecule has 25 heavy (non-hydrogen) atoms. The highest BCUT2D eigenvalue weighted by molar-refractivity contribution is 5.91. The lowest BCUT2D eigenvalue weighted by Gasteiger charge is -2.11. The van der Waals surface area contributed by atoms with Gasteiger partial charge in [-0.3, -0.25) is 4.79 Å². The summed E-state index contributed by atoms with van der Waals surface area (Å²) in [4.78, 5) is 12.4. The predicted molar refractivity (Wildman–Crippen MR) is 98.4 cm³/mol. The van der Waals surface area contributed by atoms with Crippen molar-refractivity contribution in [2.45, 2.75) is 20.3 Å². The van der Waals surface area contributed by atoms with E-state index < -0.39 is 0 Å². The van der Waals surface area contributed by atoms with E-state index in [1.165, 1.54) is 0 Å². The summed E-state index contributed by atoms with van der Waals surface area (Å²) in [6, 6.07) is 17.3. The molecule has 0 saturated carbocycles. The number of carbonyl (C=O) groups excluding carboxylic acids is 1. The van der Waals surface area contributed by atoms with E-state index in [9.17, 15) is 4.79 Å². The zero-order valence-corrected chi connectivity index (χ0v) is 14.6. The molecule has 3 aromatic rings. The molecule has 0 atom stereocenters. The summed E-state index contributed by atoms with van der Waals surface area (Å²) in [6.45, 7) is 3.93. The van der Waals surface area contributed by atoms with Crippen molar-refractivity contribution in [3.8, 4) is 11.4 Å². The van der Waals surface area contributed by atoms with Crippen molar-refractivity contribution in [3.05, 3.63) is 71.4 Å². The molecule has 0 radical (unpaired) electrons. The summed E-state index contributed by atoms with van der Waals surface area (Å²) < 4.78 is 6.91. The fourth-order valence-corrected chi connectivity index (χ4v) is 2.69. The molecule has 0 aliphatic carbocycles. The van der Waals surface area contributed by atoms with Crippen LogP contribution in [0.5, 0.6) is 5.75 Å². The predicted octanol–water partition coefficient (Wildman–Crippen LogP) is 3.68. The molecule has 1 aromatic heterocycles. The Morgan fingerprint density at radius 1 is 1.12 bits per heavy atom. The molecule has 1 amide bonds. The van der Waals surface area contributed by atoms with E-state index in [1.807, 2.05) is 68.4 Å². The Labute approximate surface area is 147 Å². The number of ether oxygens (including phenoxy) is 1. The number of methoxy groups -OCH3 is 1. The number of benzene rings is 2. The molecule has 0 saturated heterocycles. The number of aryl methyl sites for hydroxylation is 2. The number of rotatable bonds is 5. The Hall–Kier alpha value is -3.08. The number of para-hydroxylation sites is 1. The third kappa shape index (κ3) is 3.88. The van der Waals surface area contributed by atoms with Crippen LogP contribution in [-0.2, 0) is 11.2 Å². The van der Waals surface area contributed by atoms with Gasteiger partial charge in [-0.2, -0.15) is 5.10 Å². The average molecular weight is 335 g/mol. The van der Waals surface area contributed by atoms with E-state index in [0.717, 1.165) is 28.3 Å². The highest BCUT2D eigenvalue weighted by Gasteiger charge is 2.12. The normalized spacial score (nSPS) is 10.5. The standard InChI is InChI=1S/C20H21N3O2/c1-14-6-4-5-7-18(14)23-19(12-15(2)22-23)21-20(24)13-16-8-10-17(25-3)11-9-16/h4-12H,13H2,1-3H3,(H,21,24). The van der Waals surface area contributed by atoms with Crippen molar-refractivity contribution in [2.75, 3.05) is 12.4 Å². The van der Waals surface area contributed by atoms with Crippen LogP contribution in [0, 0.1) is 13.8 Å². The van der Waals surface area contributed by atoms with Gasteiger partial charge in [0.25, 0.3) is 0 Å². The molecule has 2 aromatic carbocycles. The van der Waals surface area contributed by atoms with Gasteiger partial charge in [-0.1, -0.05) is 30.3 Å². The maximum Gasteiger partial charge on any atom is 0.229 e. The Morgan fingerprint density at radius 3 is 2.52 bits per heavy atom. The summed E-state index contributed by atoms with van der Waals surface area (Å²) in [7, 11) is 1.62. The third-order valence-corrected chi connectivity index (χ3v) is 3.97. The second kappa shape index (κ2) is 7.21. The van der Waals surface area contributed by atoms with Crippen LogP contribution in [0.1, 0.15) is 16.8 Å². The molecule has 3 rings (SSSR count). The molecule has 0 spiro atoms. The number of anilines is 1. The zero-order chi connectivity index (χ0) is 17.8. The van der Waals surface area contributed by atoms with E-state index in [4.69, 9.17) is 4.74 Å². The lowest BCUT2D eigenvalue weighted by Crippen LogP contribution is -2.17. The SMILES string of the molecule is COc1ccc(CC(=O)Nc2cc(C)nn2-c2ccccc2C)cc1. The second-order valence-electron chi connectivity index (χ2n) is 5.94. The van der Waals surface area contributed by atoms with Crippen molar-refractivity contribution in [1.82, 2.24) is 9.78 Å². The monoisotopic (exact) mass is 335 g/mol. The first-order valence-corrected chi connectivity index (χ1v) is 8.12. The van der Waals surface area contributed by atoms with Crippen molar-refractivity contribution < 1.29 is 9.53 Å². The summed E-state index contributed by atoms with van der Waals surface area (Å²) in [5.74, 6) is 1.36. The molecule has 0 unspecified atom stereocenters. The summed E-state index contributed by atoms with van der Waals surface area (Å²) in [5, 5.41) is 7.47. The Bertz CT molecular complexity index is 882. The summed E-state index contributed by atoms with van der Waals surface area (Å²) in [5.41, 5.74) is 3.83. The Morgan fingerprint density at radius 2 is 1.84 bits per heavy atom. The van der Waals surface area contributed by atoms with Crippen LogP contribution < -0.4 is 10.1 Å². The second-order valence-corrected chi connectivity index (χ2v) is 5.94. The first kappa shape index (κ1) is 16.8. The molecule has 5 nitrogen and oxygen atoms in total. The molecule has 0 aliphatic heterocycles. The number of nitrogens with one attached hydrogen (secondary N) is 1. The smallest absolute Gasteiger partial charge is 0.229 e. The maximum atomic E-state index is 12.4. The van der Waals surface area contributed by atoms with Crippen molar-refractivity contribution in [1.29, 1.82) is 0 Å². The number of nitrogens with zero attached hydrogens (tertiary/aromatic N) is 2. The number of amides is 1. The topological polar surface area (TPSA) is 56.1 Å². The van der Waals surface area contributed by atoms with Gasteiger partial charge in [0.1, 0.15) is 11.6 Å². The molecule has 1 N–H and O–H groups in total. The highest BCUT2D eigenvalue weighted by atomic mass is 16.5. The number of hydrogen-bond acceptors (Lipinski definition) is 3. The molecule has 0 aliphatic rings. The van der Waals surface area contributed by atoms with Crippen LogP contribution >= 0.6 is 0 Å². The van der Waals surface area contributed by atoms with Gasteiger partial charge in [-0.25, -0.2) is 4.68 Å². The van der Waals surface area contributed by atoms with Crippen molar-refractivity contribution in [3.63, 3.8) is 0 Å². The van der Waals surface area contributed by atoms with Gasteiger partial charge in [-0.05, 0) is 43.2 Å². The molecular formula is C20H21N3O2. The van der Waals surface area contributed by atoms with E-state index in [-0.39, 0.29) is 5.91 Å². The minimum atomic E-state index is -0.0834. The van der Waals surface area contributed by atoms with Gasteiger partial charge in [0.15, 0.2) is 0 Å². The molecule has 128 valence electrons. The third-order valence-electron chi connectivity index (χ3n) is 3.97. The molecule has 5 heteroatoms. The lowest BCUT2D eigenvalue weighted by atomic mass is 10.1. The largest absolute Gasteiger partial charge is 0.497 e. The summed E-state index contributed by atoms with van der Waals surface area (Å²) in [6.07, 6.45) is 0.294. The maximum absolute atomic E-state index is 12.4. The van der Waals surface area contributed by atoms with Gasteiger partial charge in [0, 0.05) is 6.07 Å². The van der Waals surface area contributed by atoms with Crippen LogP contribution in [0.4, 0.5) is 5.82 Å². The van der Waals surface area contributed by atoms with Crippen molar-refractivity contribution in [2.24, 2.45) is 0 Å². The quantitative estimate of drug-likeness (QED) is 0.774. The molecule has 1 heterocycles. The van der Waals surface area contributed by atoms with Gasteiger partial charge >= 0.3 is 0 Å². The van der Waals surface area contributed by atoms with Crippen LogP contribution in [0.3, 0.4) is 0 Å². The first-order valence-electron chi connectivity index (χ1n) is 8.12. The zero-order valence-electron chi connectivity index (χ0n) is 14.6. The number of carbonyl (C=O) groups is 1. The van der Waals surface area contributed by atoms with E-state index >= 15 is 0 Å². The van der Waals surface area contributed by atoms with Crippen molar-refractivity contribution >= 4 is 11.7 Å². The molecular weight excluding hydrogens is 314 g/mol. The van der Waals surface area contributed by atoms with E-state index in [0.29, 0.717) is 12.2 Å². The first-order chi connectivity index (χ1) is 12.1. The number of hydrogen-bond donors (Lipinski definition) is 1. The summed E-state index contributed by atoms with van der Waals surface area (Å²) >= 11 is 0.